The molecular weight excluding hydrogens is 273 g/mol. The summed E-state index contributed by atoms with van der Waals surface area (Å²) in [6, 6.07) is 7.52. The molecule has 3 nitrogen and oxygen atoms in total. The van der Waals surface area contributed by atoms with Crippen LogP contribution in [0.25, 0.3) is 0 Å². The molecule has 1 aromatic carbocycles. The van der Waals surface area contributed by atoms with Crippen LogP contribution in [0.3, 0.4) is 0 Å². The van der Waals surface area contributed by atoms with E-state index in [0.29, 0.717) is 18.1 Å². The van der Waals surface area contributed by atoms with Gasteiger partial charge in [-0.25, -0.2) is 4.79 Å². The van der Waals surface area contributed by atoms with Crippen LogP contribution >= 0.6 is 0 Å². The first-order valence-corrected chi connectivity index (χ1v) is 7.53. The molecular formula is C17H27NNaO2+. The maximum atomic E-state index is 12.0. The number of nitrogens with zero attached hydrogens (tertiary/aromatic N) is 1. The van der Waals surface area contributed by atoms with Crippen molar-refractivity contribution in [3.05, 3.63) is 29.8 Å². The van der Waals surface area contributed by atoms with Crippen molar-refractivity contribution in [2.75, 3.05) is 25.6 Å². The van der Waals surface area contributed by atoms with Crippen molar-refractivity contribution in [3.8, 4) is 0 Å². The average Bonchev–Trinajstić information content (AvgIpc) is 2.47. The van der Waals surface area contributed by atoms with Gasteiger partial charge in [0.15, 0.2) is 0 Å². The summed E-state index contributed by atoms with van der Waals surface area (Å²) < 4.78 is 5.43. The number of esters is 1. The summed E-state index contributed by atoms with van der Waals surface area (Å²) in [6.07, 6.45) is 4.59. The third-order valence-electron chi connectivity index (χ3n) is 3.61. The summed E-state index contributed by atoms with van der Waals surface area (Å²) in [5.41, 5.74) is 1.71. The SMILES string of the molecule is CCCCC(CC)COC(=O)c1ccc(N(C)C)cc1.[Na+]. The van der Waals surface area contributed by atoms with Crippen molar-refractivity contribution in [3.63, 3.8) is 0 Å². The Morgan fingerprint density at radius 1 is 1.19 bits per heavy atom. The number of ether oxygens (including phenoxy) is 1. The molecule has 0 aromatic heterocycles. The molecule has 1 aromatic rings. The Kier molecular flexibility index (Phi) is 10.8. The van der Waals surface area contributed by atoms with Gasteiger partial charge in [-0.15, -0.1) is 0 Å². The maximum Gasteiger partial charge on any atom is 1.00 e. The molecule has 0 aliphatic carbocycles. The van der Waals surface area contributed by atoms with Gasteiger partial charge in [0.1, 0.15) is 0 Å². The Labute approximate surface area is 151 Å². The number of hydrogen-bond donors (Lipinski definition) is 0. The molecule has 112 valence electrons. The first kappa shape index (κ1) is 20.5. The van der Waals surface area contributed by atoms with E-state index in [4.69, 9.17) is 4.74 Å². The number of hydrogen-bond acceptors (Lipinski definition) is 3. The fourth-order valence-electron chi connectivity index (χ4n) is 2.07. The van der Waals surface area contributed by atoms with Crippen LogP contribution in [-0.4, -0.2) is 26.7 Å². The number of rotatable bonds is 8. The summed E-state index contributed by atoms with van der Waals surface area (Å²) >= 11 is 0. The molecule has 0 saturated heterocycles. The van der Waals surface area contributed by atoms with Gasteiger partial charge in [-0.05, 0) is 36.6 Å². The number of anilines is 1. The van der Waals surface area contributed by atoms with Crippen LogP contribution in [-0.2, 0) is 4.74 Å². The topological polar surface area (TPSA) is 29.5 Å². The van der Waals surface area contributed by atoms with Crippen LogP contribution in [0.5, 0.6) is 0 Å². The van der Waals surface area contributed by atoms with E-state index in [0.717, 1.165) is 18.5 Å². The number of carbonyl (C=O) groups is 1. The third-order valence-corrected chi connectivity index (χ3v) is 3.61. The summed E-state index contributed by atoms with van der Waals surface area (Å²) in [5.74, 6) is 0.269. The first-order valence-electron chi connectivity index (χ1n) is 7.53. The summed E-state index contributed by atoms with van der Waals surface area (Å²) in [7, 11) is 3.96. The molecule has 0 heterocycles. The summed E-state index contributed by atoms with van der Waals surface area (Å²) in [6.45, 7) is 4.87. The fraction of sp³-hybridized carbons (Fsp3) is 0.588. The van der Waals surface area contributed by atoms with E-state index in [-0.39, 0.29) is 35.5 Å². The Hall–Kier alpha value is -0.510. The van der Waals surface area contributed by atoms with E-state index in [1.807, 2.05) is 43.3 Å². The van der Waals surface area contributed by atoms with Crippen molar-refractivity contribution >= 4 is 11.7 Å². The van der Waals surface area contributed by atoms with Crippen LogP contribution in [0.1, 0.15) is 49.9 Å². The maximum absolute atomic E-state index is 12.0. The van der Waals surface area contributed by atoms with E-state index in [9.17, 15) is 4.79 Å². The second-order valence-corrected chi connectivity index (χ2v) is 5.46. The minimum absolute atomic E-state index is 0. The first-order chi connectivity index (χ1) is 9.58. The second-order valence-electron chi connectivity index (χ2n) is 5.46. The van der Waals surface area contributed by atoms with Gasteiger partial charge in [-0.3, -0.25) is 0 Å². The molecule has 0 radical (unpaired) electrons. The molecule has 0 amide bonds. The van der Waals surface area contributed by atoms with Gasteiger partial charge >= 0.3 is 35.5 Å². The summed E-state index contributed by atoms with van der Waals surface area (Å²) in [4.78, 5) is 14.0. The third kappa shape index (κ3) is 7.35. The molecule has 1 unspecified atom stereocenters. The van der Waals surface area contributed by atoms with Crippen LogP contribution < -0.4 is 34.5 Å². The van der Waals surface area contributed by atoms with Gasteiger partial charge in [0.2, 0.25) is 0 Å². The minimum atomic E-state index is -0.217. The molecule has 0 saturated carbocycles. The Balaban J connectivity index is 0.00000400. The van der Waals surface area contributed by atoms with E-state index in [1.165, 1.54) is 12.8 Å². The fourth-order valence-corrected chi connectivity index (χ4v) is 2.07. The normalized spacial score (nSPS) is 11.4. The van der Waals surface area contributed by atoms with Gasteiger partial charge in [-0.1, -0.05) is 33.1 Å². The molecule has 0 bridgehead atoms. The number of carbonyl (C=O) groups excluding carboxylic acids is 1. The molecule has 0 aliphatic heterocycles. The Morgan fingerprint density at radius 2 is 1.81 bits per heavy atom. The molecule has 0 aliphatic rings. The van der Waals surface area contributed by atoms with Gasteiger partial charge in [0.25, 0.3) is 0 Å². The molecule has 0 spiro atoms. The zero-order valence-corrected chi connectivity index (χ0v) is 16.2. The molecule has 4 heteroatoms. The number of benzene rings is 1. The van der Waals surface area contributed by atoms with Crippen LogP contribution in [0.2, 0.25) is 0 Å². The average molecular weight is 300 g/mol. The standard InChI is InChI=1S/C17H27NO2.Na/c1-5-7-8-14(6-2)13-20-17(19)15-9-11-16(12-10-15)18(3)4;/h9-12,14H,5-8,13H2,1-4H3;/q;+1. The Morgan fingerprint density at radius 3 is 2.29 bits per heavy atom. The predicted molar refractivity (Wildman–Crippen MR) is 84.4 cm³/mol. The zero-order valence-electron chi connectivity index (χ0n) is 14.2. The second kappa shape index (κ2) is 11.1. The van der Waals surface area contributed by atoms with Crippen LogP contribution in [0.4, 0.5) is 5.69 Å². The molecule has 1 rings (SSSR count). The van der Waals surface area contributed by atoms with E-state index in [2.05, 4.69) is 13.8 Å². The molecule has 0 fully saturated rings. The number of unbranched alkanes of at least 4 members (excludes halogenated alkanes) is 1. The minimum Gasteiger partial charge on any atom is -0.462 e. The van der Waals surface area contributed by atoms with Crippen LogP contribution in [0, 0.1) is 5.92 Å². The summed E-state index contributed by atoms with van der Waals surface area (Å²) in [5, 5.41) is 0. The van der Waals surface area contributed by atoms with E-state index >= 15 is 0 Å². The smallest absolute Gasteiger partial charge is 0.462 e. The van der Waals surface area contributed by atoms with Crippen molar-refractivity contribution < 1.29 is 39.1 Å². The molecule has 1 atom stereocenters. The molecule has 0 N–H and O–H groups in total. The van der Waals surface area contributed by atoms with Crippen LogP contribution in [0.15, 0.2) is 24.3 Å². The van der Waals surface area contributed by atoms with Gasteiger partial charge in [-0.2, -0.15) is 0 Å². The quantitative estimate of drug-likeness (QED) is 0.532. The monoisotopic (exact) mass is 300 g/mol. The van der Waals surface area contributed by atoms with E-state index in [1.54, 1.807) is 0 Å². The van der Waals surface area contributed by atoms with Gasteiger partial charge in [0, 0.05) is 19.8 Å². The van der Waals surface area contributed by atoms with Crippen molar-refractivity contribution in [1.82, 2.24) is 0 Å². The van der Waals surface area contributed by atoms with Gasteiger partial charge in [0.05, 0.1) is 12.2 Å². The van der Waals surface area contributed by atoms with E-state index < -0.39 is 0 Å². The predicted octanol–water partition coefficient (Wildman–Crippen LogP) is 1.13. The zero-order chi connectivity index (χ0) is 15.0. The Bertz CT molecular complexity index is 404. The van der Waals surface area contributed by atoms with Gasteiger partial charge < -0.3 is 9.64 Å². The molecule has 21 heavy (non-hydrogen) atoms. The largest absolute Gasteiger partial charge is 1.00 e. The van der Waals surface area contributed by atoms with Crippen molar-refractivity contribution in [2.24, 2.45) is 5.92 Å². The van der Waals surface area contributed by atoms with Crippen molar-refractivity contribution in [1.29, 1.82) is 0 Å². The van der Waals surface area contributed by atoms with Crippen molar-refractivity contribution in [2.45, 2.75) is 39.5 Å².